The number of hydrogen-bond donors (Lipinski definition) is 0. The van der Waals surface area contributed by atoms with Gasteiger partial charge in [0.1, 0.15) is 11.5 Å². The molecule has 0 spiro atoms. The second kappa shape index (κ2) is 5.64. The fourth-order valence-electron chi connectivity index (χ4n) is 1.65. The third kappa shape index (κ3) is 2.98. The van der Waals surface area contributed by atoms with Gasteiger partial charge < -0.3 is 4.74 Å². The molecule has 0 unspecified atom stereocenters. The molecule has 2 aromatic carbocycles. The summed E-state index contributed by atoms with van der Waals surface area (Å²) in [7, 11) is 0. The minimum Gasteiger partial charge on any atom is -0.456 e. The van der Waals surface area contributed by atoms with Crippen LogP contribution in [0.1, 0.15) is 16.7 Å². The Kier molecular flexibility index (Phi) is 4.15. The van der Waals surface area contributed by atoms with Gasteiger partial charge in [-0.05, 0) is 48.7 Å². The Morgan fingerprint density at radius 1 is 1.00 bits per heavy atom. The zero-order chi connectivity index (χ0) is 13.1. The van der Waals surface area contributed by atoms with Gasteiger partial charge >= 0.3 is 0 Å². The zero-order valence-corrected chi connectivity index (χ0v) is 11.8. The third-order valence-electron chi connectivity index (χ3n) is 2.71. The van der Waals surface area contributed by atoms with Crippen LogP contribution in [0.25, 0.3) is 0 Å². The van der Waals surface area contributed by atoms with Gasteiger partial charge in [0.2, 0.25) is 0 Å². The van der Waals surface area contributed by atoms with Gasteiger partial charge in [-0.25, -0.2) is 0 Å². The Morgan fingerprint density at radius 2 is 1.78 bits per heavy atom. The topological polar surface area (TPSA) is 9.23 Å². The molecule has 0 aliphatic carbocycles. The summed E-state index contributed by atoms with van der Waals surface area (Å²) in [6.45, 7) is 4.04. The number of halogens is 2. The second-order valence-corrected chi connectivity index (χ2v) is 4.94. The lowest BCUT2D eigenvalue weighted by Gasteiger charge is -2.11. The number of ether oxygens (including phenoxy) is 1. The van der Waals surface area contributed by atoms with Gasteiger partial charge in [-0.2, -0.15) is 0 Å². The third-order valence-corrected chi connectivity index (χ3v) is 3.32. The molecule has 0 radical (unpaired) electrons. The highest BCUT2D eigenvalue weighted by atomic mass is 35.5. The molecule has 94 valence electrons. The van der Waals surface area contributed by atoms with E-state index in [1.165, 1.54) is 0 Å². The monoisotopic (exact) mass is 280 g/mol. The van der Waals surface area contributed by atoms with Crippen molar-refractivity contribution in [1.29, 1.82) is 0 Å². The molecule has 2 rings (SSSR count). The molecule has 0 saturated carbocycles. The Bertz CT molecular complexity index is 564. The summed E-state index contributed by atoms with van der Waals surface area (Å²) in [5.41, 5.74) is 3.22. The van der Waals surface area contributed by atoms with Gasteiger partial charge in [0.15, 0.2) is 0 Å². The summed E-state index contributed by atoms with van der Waals surface area (Å²) < 4.78 is 5.85. The lowest BCUT2D eigenvalue weighted by atomic mass is 10.1. The van der Waals surface area contributed by atoms with Crippen molar-refractivity contribution in [1.82, 2.24) is 0 Å². The maximum absolute atomic E-state index is 6.17. The smallest absolute Gasteiger partial charge is 0.146 e. The average molecular weight is 281 g/mol. The van der Waals surface area contributed by atoms with Crippen molar-refractivity contribution in [2.45, 2.75) is 19.7 Å². The Hall–Kier alpha value is -1.18. The fourth-order valence-corrected chi connectivity index (χ4v) is 2.05. The molecule has 0 saturated heterocycles. The van der Waals surface area contributed by atoms with Crippen LogP contribution in [0.3, 0.4) is 0 Å². The summed E-state index contributed by atoms with van der Waals surface area (Å²) in [5.74, 6) is 1.93. The van der Waals surface area contributed by atoms with Crippen LogP contribution in [-0.4, -0.2) is 0 Å². The summed E-state index contributed by atoms with van der Waals surface area (Å²) in [6, 6.07) is 11.7. The molecule has 0 N–H and O–H groups in total. The van der Waals surface area contributed by atoms with Crippen molar-refractivity contribution in [3.8, 4) is 11.5 Å². The highest BCUT2D eigenvalue weighted by molar-refractivity contribution is 6.32. The number of benzene rings is 2. The van der Waals surface area contributed by atoms with Gasteiger partial charge in [0, 0.05) is 5.88 Å². The van der Waals surface area contributed by atoms with Crippen LogP contribution in [0, 0.1) is 13.8 Å². The van der Waals surface area contributed by atoms with Crippen molar-refractivity contribution >= 4 is 23.2 Å². The molecule has 0 bridgehead atoms. The summed E-state index contributed by atoms with van der Waals surface area (Å²) in [5, 5.41) is 0.578. The predicted octanol–water partition coefficient (Wildman–Crippen LogP) is 5.49. The minimum absolute atomic E-state index is 0.448. The van der Waals surface area contributed by atoms with E-state index in [0.717, 1.165) is 22.4 Å². The van der Waals surface area contributed by atoms with Gasteiger partial charge in [-0.15, -0.1) is 11.6 Å². The van der Waals surface area contributed by atoms with E-state index < -0.39 is 0 Å². The molecule has 0 aliphatic heterocycles. The van der Waals surface area contributed by atoms with Crippen LogP contribution in [0.2, 0.25) is 5.02 Å². The van der Waals surface area contributed by atoms with E-state index in [9.17, 15) is 0 Å². The van der Waals surface area contributed by atoms with Crippen LogP contribution >= 0.6 is 23.2 Å². The first-order valence-corrected chi connectivity index (χ1v) is 6.61. The Labute approximate surface area is 117 Å². The first kappa shape index (κ1) is 13.3. The lowest BCUT2D eigenvalue weighted by Crippen LogP contribution is -1.90. The highest BCUT2D eigenvalue weighted by Gasteiger charge is 2.06. The molecule has 1 nitrogen and oxygen atoms in total. The first-order chi connectivity index (χ1) is 8.60. The van der Waals surface area contributed by atoms with Gasteiger partial charge in [0.25, 0.3) is 0 Å². The minimum atomic E-state index is 0.448. The van der Waals surface area contributed by atoms with E-state index in [-0.39, 0.29) is 0 Å². The molecule has 0 amide bonds. The van der Waals surface area contributed by atoms with E-state index in [0.29, 0.717) is 16.7 Å². The van der Waals surface area contributed by atoms with Crippen LogP contribution in [-0.2, 0) is 5.88 Å². The maximum atomic E-state index is 6.17. The molecule has 0 aromatic heterocycles. The van der Waals surface area contributed by atoms with Crippen molar-refractivity contribution in [2.24, 2.45) is 0 Å². The average Bonchev–Trinajstić information content (AvgIpc) is 2.36. The van der Waals surface area contributed by atoms with Crippen LogP contribution in [0.15, 0.2) is 36.4 Å². The molecular formula is C15H14Cl2O. The largest absolute Gasteiger partial charge is 0.456 e. The van der Waals surface area contributed by atoms with Crippen molar-refractivity contribution in [3.05, 3.63) is 58.1 Å². The number of aryl methyl sites for hydroxylation is 2. The Morgan fingerprint density at radius 3 is 2.44 bits per heavy atom. The summed E-state index contributed by atoms with van der Waals surface area (Å²) >= 11 is 11.9. The van der Waals surface area contributed by atoms with E-state index >= 15 is 0 Å². The summed E-state index contributed by atoms with van der Waals surface area (Å²) in [6.07, 6.45) is 0. The van der Waals surface area contributed by atoms with Gasteiger partial charge in [-0.1, -0.05) is 29.8 Å². The maximum Gasteiger partial charge on any atom is 0.146 e. The Balaban J connectivity index is 2.31. The van der Waals surface area contributed by atoms with E-state index in [1.54, 1.807) is 0 Å². The standard InChI is InChI=1S/C15H14Cl2O/c1-10-3-4-11(2)15(7-10)18-14-6-5-12(9-16)8-13(14)17/h3-8H,9H2,1-2H3. The van der Waals surface area contributed by atoms with Crippen molar-refractivity contribution in [3.63, 3.8) is 0 Å². The molecule has 3 heteroatoms. The molecule has 0 heterocycles. The normalized spacial score (nSPS) is 10.4. The van der Waals surface area contributed by atoms with Gasteiger partial charge in [0.05, 0.1) is 5.02 Å². The lowest BCUT2D eigenvalue weighted by molar-refractivity contribution is 0.478. The summed E-state index contributed by atoms with van der Waals surface area (Å²) in [4.78, 5) is 0. The van der Waals surface area contributed by atoms with Crippen LogP contribution < -0.4 is 4.74 Å². The molecule has 2 aromatic rings. The van der Waals surface area contributed by atoms with E-state index in [1.807, 2.05) is 44.2 Å². The number of rotatable bonds is 3. The van der Waals surface area contributed by atoms with Crippen molar-refractivity contribution < 1.29 is 4.74 Å². The van der Waals surface area contributed by atoms with Crippen molar-refractivity contribution in [2.75, 3.05) is 0 Å². The SMILES string of the molecule is Cc1ccc(C)c(Oc2ccc(CCl)cc2Cl)c1. The molecule has 0 fully saturated rings. The molecule has 0 aliphatic rings. The molecule has 0 atom stereocenters. The zero-order valence-electron chi connectivity index (χ0n) is 10.3. The highest BCUT2D eigenvalue weighted by Crippen LogP contribution is 2.32. The predicted molar refractivity (Wildman–Crippen MR) is 77.0 cm³/mol. The second-order valence-electron chi connectivity index (χ2n) is 4.27. The fraction of sp³-hybridized carbons (Fsp3) is 0.200. The van der Waals surface area contributed by atoms with Crippen LogP contribution in [0.5, 0.6) is 11.5 Å². The van der Waals surface area contributed by atoms with Gasteiger partial charge in [-0.3, -0.25) is 0 Å². The molecular weight excluding hydrogens is 267 g/mol. The number of alkyl halides is 1. The quantitative estimate of drug-likeness (QED) is 0.676. The van der Waals surface area contributed by atoms with E-state index in [4.69, 9.17) is 27.9 Å². The van der Waals surface area contributed by atoms with E-state index in [2.05, 4.69) is 6.07 Å². The molecule has 18 heavy (non-hydrogen) atoms. The number of hydrogen-bond acceptors (Lipinski definition) is 1. The first-order valence-electron chi connectivity index (χ1n) is 5.69. The van der Waals surface area contributed by atoms with Crippen LogP contribution in [0.4, 0.5) is 0 Å².